The Balaban J connectivity index is 0.000000255. The number of nitrogen functional groups attached to an aromatic ring is 1. The van der Waals surface area contributed by atoms with E-state index in [-0.39, 0.29) is 35.0 Å². The van der Waals surface area contributed by atoms with Crippen molar-refractivity contribution in [2.45, 2.75) is 148 Å². The molecule has 0 amide bonds. The second-order valence-corrected chi connectivity index (χ2v) is 30.2. The van der Waals surface area contributed by atoms with Crippen LogP contribution >= 0.6 is 7.92 Å². The maximum Gasteiger partial charge on any atom is 2.00 e. The third-order valence-electron chi connectivity index (χ3n) is 16.5. The van der Waals surface area contributed by atoms with E-state index in [2.05, 4.69) is 138 Å². The number of aromatic nitrogens is 3. The SMILES string of the molecule is COCCNc1cc(CNCCO)cn2nc(-c3cccc(-c4ccccc4)c3C)nc12.COc1ccc(OC)c(P(C2CCCCC2)C2CCCCC2)c1-c1c(C(C)C)cc(C(C)C)cc1C(C)C.CS(=O)(=O)[O-].CS(=O)(=O)[O-].Nc1ccccc1-c1[c-]cccc1.[Pd+2]. The summed E-state index contributed by atoms with van der Waals surface area (Å²) in [5.74, 6) is 4.19. The predicted molar refractivity (Wildman–Crippen MR) is 382 cm³/mol. The zero-order valence-electron chi connectivity index (χ0n) is 56.8. The predicted octanol–water partition coefficient (Wildman–Crippen LogP) is 15.1. The summed E-state index contributed by atoms with van der Waals surface area (Å²) in [5.41, 5.74) is 24.7. The van der Waals surface area contributed by atoms with E-state index in [0.29, 0.717) is 62.3 Å². The summed E-state index contributed by atoms with van der Waals surface area (Å²) in [4.78, 5) is 4.88. The molecule has 10 rings (SSSR count). The summed E-state index contributed by atoms with van der Waals surface area (Å²) in [5, 5.41) is 22.0. The second kappa shape index (κ2) is 38.6. The average molecular weight is 1430 g/mol. The summed E-state index contributed by atoms with van der Waals surface area (Å²) >= 11 is 0. The fourth-order valence-electron chi connectivity index (χ4n) is 12.1. The van der Waals surface area contributed by atoms with Gasteiger partial charge in [0.1, 0.15) is 11.5 Å². The van der Waals surface area contributed by atoms with E-state index >= 15 is 0 Å². The molecular weight excluding hydrogens is 1330 g/mol. The molecule has 2 aromatic heterocycles. The molecule has 0 bridgehead atoms. The maximum atomic E-state index is 9.08. The molecule has 2 fully saturated rings. The van der Waals surface area contributed by atoms with Gasteiger partial charge >= 0.3 is 20.4 Å². The molecule has 6 aromatic carbocycles. The number of hydrogen-bond acceptors (Lipinski definition) is 15. The smallest absolute Gasteiger partial charge is 0.748 e. The monoisotopic (exact) mass is 1430 g/mol. The van der Waals surface area contributed by atoms with Gasteiger partial charge in [0.25, 0.3) is 0 Å². The van der Waals surface area contributed by atoms with Crippen LogP contribution in [0.3, 0.4) is 0 Å². The van der Waals surface area contributed by atoms with Gasteiger partial charge in [0.15, 0.2) is 11.5 Å². The van der Waals surface area contributed by atoms with Crippen LogP contribution in [-0.4, -0.2) is 117 Å². The Labute approximate surface area is 575 Å². The minimum absolute atomic E-state index is 0. The third kappa shape index (κ3) is 23.6. The Hall–Kier alpha value is -6.07. The van der Waals surface area contributed by atoms with Crippen molar-refractivity contribution >= 4 is 50.5 Å². The molecule has 0 radical (unpaired) electrons. The quantitative estimate of drug-likeness (QED) is 0.0138. The van der Waals surface area contributed by atoms with Crippen molar-refractivity contribution in [3.63, 3.8) is 0 Å². The number of aliphatic hydroxyl groups is 1. The number of anilines is 2. The molecule has 0 atom stereocenters. The van der Waals surface area contributed by atoms with Gasteiger partial charge in [-0.2, -0.15) is 0 Å². The molecule has 20 heteroatoms. The molecule has 16 nitrogen and oxygen atoms in total. The first kappa shape index (κ1) is 78.6. The van der Waals surface area contributed by atoms with Crippen molar-refractivity contribution in [1.29, 1.82) is 0 Å². The van der Waals surface area contributed by atoms with Crippen molar-refractivity contribution in [2.75, 3.05) is 71.2 Å². The minimum Gasteiger partial charge on any atom is -0.748 e. The van der Waals surface area contributed by atoms with Gasteiger partial charge in [0, 0.05) is 61.9 Å². The van der Waals surface area contributed by atoms with Crippen LogP contribution in [0.4, 0.5) is 11.4 Å². The molecule has 5 N–H and O–H groups in total. The Morgan fingerprint density at radius 3 is 1.74 bits per heavy atom. The fraction of sp³-hybridized carbons (Fsp3) is 0.432. The Morgan fingerprint density at radius 1 is 0.681 bits per heavy atom. The molecule has 94 heavy (non-hydrogen) atoms. The van der Waals surface area contributed by atoms with E-state index in [0.717, 1.165) is 67.7 Å². The van der Waals surface area contributed by atoms with Gasteiger partial charge in [-0.1, -0.05) is 172 Å². The van der Waals surface area contributed by atoms with Crippen molar-refractivity contribution in [3.05, 3.63) is 167 Å². The standard InChI is InChI=1S/C35H53O2P.C25H29N5O2.C12H10N.2CH4O3S.Pd/c1-23(2)26-21-29(24(3)4)33(30(22-26)25(5)6)34-31(36-7)19-20-32(37-8)35(34)38(27-15-11-9-12-16-27)28-17-13-10-14-18-28;1-18-21(20-7-4-3-5-8-20)9-6-10-22(18)24-28-25-23(27-12-14-32-2)15-19(16-26-11-13-31)17-30(25)29-24;13-12-9-5-4-8-11(12)10-6-2-1-3-7-10;2*1-5(2,3)4;/h19-25,27-28H,9-18H2,1-8H3;3-10,15,17,26-27,31H,11-14,16H2,1-2H3;1-6,8-9H,13H2;2*1H3,(H,2,3,4);/q;;-1;;;+2/p-2. The van der Waals surface area contributed by atoms with Gasteiger partial charge in [-0.25, -0.2) is 26.3 Å². The second-order valence-electron chi connectivity index (χ2n) is 24.6. The van der Waals surface area contributed by atoms with Gasteiger partial charge in [0.2, 0.25) is 0 Å². The van der Waals surface area contributed by atoms with E-state index in [9.17, 15) is 0 Å². The topological polar surface area (TPSA) is 243 Å². The molecule has 2 heterocycles. The molecular formula is C74H98N6O10PPdS2-. The van der Waals surface area contributed by atoms with Crippen molar-refractivity contribution < 1.29 is 65.7 Å². The molecule has 2 aliphatic carbocycles. The number of rotatable bonds is 20. The van der Waals surface area contributed by atoms with Crippen LogP contribution < -0.4 is 31.1 Å². The van der Waals surface area contributed by atoms with Crippen molar-refractivity contribution in [3.8, 4) is 56.3 Å². The number of methoxy groups -OCH3 is 3. The molecule has 0 spiro atoms. The van der Waals surface area contributed by atoms with E-state index in [1.165, 1.54) is 108 Å². The number of nitrogens with two attached hydrogens (primary N) is 1. The van der Waals surface area contributed by atoms with Gasteiger partial charge < -0.3 is 44.8 Å². The van der Waals surface area contributed by atoms with Crippen LogP contribution in [0.25, 0.3) is 50.4 Å². The number of ether oxygens (including phenoxy) is 3. The van der Waals surface area contributed by atoms with E-state index in [1.807, 2.05) is 79.5 Å². The summed E-state index contributed by atoms with van der Waals surface area (Å²) in [6.07, 6.45) is 17.0. The minimum atomic E-state index is -3.92. The number of para-hydroxylation sites is 1. The summed E-state index contributed by atoms with van der Waals surface area (Å²) in [6, 6.07) is 46.9. The van der Waals surface area contributed by atoms with Gasteiger partial charge in [0.05, 0.1) is 53.4 Å². The molecule has 8 aromatic rings. The van der Waals surface area contributed by atoms with Crippen LogP contribution in [0.15, 0.2) is 134 Å². The van der Waals surface area contributed by atoms with E-state index < -0.39 is 20.2 Å². The molecule has 0 unspecified atom stereocenters. The summed E-state index contributed by atoms with van der Waals surface area (Å²) in [7, 11) is -2.77. The van der Waals surface area contributed by atoms with Gasteiger partial charge in [-0.05, 0) is 136 Å². The molecule has 0 aliphatic heterocycles. The largest absolute Gasteiger partial charge is 2.00 e. The van der Waals surface area contributed by atoms with E-state index in [1.54, 1.807) is 7.11 Å². The van der Waals surface area contributed by atoms with Crippen LogP contribution in [0.5, 0.6) is 11.5 Å². The normalized spacial score (nSPS) is 13.6. The van der Waals surface area contributed by atoms with E-state index in [4.69, 9.17) is 61.1 Å². The number of aliphatic hydroxyl groups excluding tert-OH is 1. The zero-order chi connectivity index (χ0) is 67.8. The van der Waals surface area contributed by atoms with Crippen molar-refractivity contribution in [1.82, 2.24) is 19.9 Å². The van der Waals surface area contributed by atoms with Crippen LogP contribution in [0, 0.1) is 13.0 Å². The summed E-state index contributed by atoms with van der Waals surface area (Å²) < 4.78 is 74.0. The number of fused-ring (bicyclic) bond motifs is 1. The first-order chi connectivity index (χ1) is 44.4. The Morgan fingerprint density at radius 2 is 1.22 bits per heavy atom. The first-order valence-electron chi connectivity index (χ1n) is 32.3. The third-order valence-corrected chi connectivity index (χ3v) is 20.0. The molecule has 2 saturated carbocycles. The Bertz CT molecular complexity index is 3750. The zero-order valence-corrected chi connectivity index (χ0v) is 60.9. The first-order valence-corrected chi connectivity index (χ1v) is 37.4. The number of nitrogens with one attached hydrogen (secondary N) is 2. The summed E-state index contributed by atoms with van der Waals surface area (Å²) in [6.45, 7) is 18.8. The number of hydrogen-bond donors (Lipinski definition) is 4. The number of nitrogens with zero attached hydrogens (tertiary/aromatic N) is 3. The molecule has 0 saturated heterocycles. The maximum absolute atomic E-state index is 9.08. The van der Waals surface area contributed by atoms with Crippen LogP contribution in [0.2, 0.25) is 0 Å². The van der Waals surface area contributed by atoms with Gasteiger partial charge in [-0.3, -0.25) is 0 Å². The molecule has 2 aliphatic rings. The molecule has 512 valence electrons. The average Bonchev–Trinajstić information content (AvgIpc) is 0.860. The van der Waals surface area contributed by atoms with Crippen LogP contribution in [-0.2, 0) is 51.9 Å². The van der Waals surface area contributed by atoms with Crippen LogP contribution in [0.1, 0.15) is 151 Å². The fourth-order valence-corrected chi connectivity index (χ4v) is 16.2. The van der Waals surface area contributed by atoms with Crippen molar-refractivity contribution in [2.24, 2.45) is 0 Å². The van der Waals surface area contributed by atoms with Gasteiger partial charge in [-0.15, -0.1) is 41.0 Å². The number of benzene rings is 6. The number of pyridine rings is 1. The Kier molecular flexibility index (Phi) is 32.3.